The predicted molar refractivity (Wildman–Crippen MR) is 81.7 cm³/mol. The number of hydrogen-bond donors (Lipinski definition) is 1. The lowest BCUT2D eigenvalue weighted by Crippen LogP contribution is -2.13. The highest BCUT2D eigenvalue weighted by Gasteiger charge is 2.15. The van der Waals surface area contributed by atoms with E-state index in [1.807, 2.05) is 32.0 Å². The highest BCUT2D eigenvalue weighted by atomic mass is 16.6. The largest absolute Gasteiger partial charge is 0.322 e. The molecule has 0 unspecified atom stereocenters. The second-order valence-electron chi connectivity index (χ2n) is 5.03. The van der Waals surface area contributed by atoms with Gasteiger partial charge in [0.2, 0.25) is 0 Å². The normalized spacial score (nSPS) is 10.2. The van der Waals surface area contributed by atoms with Gasteiger partial charge in [-0.25, -0.2) is 0 Å². The molecule has 2 rings (SSSR count). The first-order valence-corrected chi connectivity index (χ1v) is 6.52. The molecule has 0 saturated heterocycles. The summed E-state index contributed by atoms with van der Waals surface area (Å²) >= 11 is 0. The lowest BCUT2D eigenvalue weighted by Gasteiger charge is -2.09. The lowest BCUT2D eigenvalue weighted by molar-refractivity contribution is -0.385. The molecule has 2 aromatic rings. The summed E-state index contributed by atoms with van der Waals surface area (Å²) in [5.41, 5.74) is 3.51. The zero-order valence-corrected chi connectivity index (χ0v) is 12.1. The molecule has 0 aliphatic heterocycles. The number of aryl methyl sites for hydroxylation is 3. The van der Waals surface area contributed by atoms with Gasteiger partial charge in [-0.2, -0.15) is 0 Å². The number of anilines is 1. The van der Waals surface area contributed by atoms with Gasteiger partial charge in [-0.15, -0.1) is 0 Å². The third-order valence-corrected chi connectivity index (χ3v) is 3.30. The first kappa shape index (κ1) is 14.7. The van der Waals surface area contributed by atoms with Crippen LogP contribution in [-0.4, -0.2) is 10.8 Å². The average molecular weight is 284 g/mol. The van der Waals surface area contributed by atoms with Gasteiger partial charge >= 0.3 is 0 Å². The lowest BCUT2D eigenvalue weighted by atomic mass is 10.1. The Labute approximate surface area is 122 Å². The number of benzene rings is 2. The van der Waals surface area contributed by atoms with Crippen molar-refractivity contribution in [2.75, 3.05) is 5.32 Å². The Morgan fingerprint density at radius 1 is 1.05 bits per heavy atom. The third kappa shape index (κ3) is 3.25. The minimum atomic E-state index is -0.483. The van der Waals surface area contributed by atoms with Gasteiger partial charge in [0.15, 0.2) is 0 Å². The number of nitrogens with zero attached hydrogens (tertiary/aromatic N) is 1. The van der Waals surface area contributed by atoms with Gasteiger partial charge in [0, 0.05) is 22.9 Å². The van der Waals surface area contributed by atoms with E-state index >= 15 is 0 Å². The molecule has 108 valence electrons. The minimum absolute atomic E-state index is 0.0525. The molecule has 1 N–H and O–H groups in total. The molecule has 0 spiro atoms. The standard InChI is InChI=1S/C16H16N2O3/c1-10-4-7-14(12(3)8-10)17-16(19)13-6-5-11(2)15(9-13)18(20)21/h4-9H,1-3H3,(H,17,19). The van der Waals surface area contributed by atoms with Crippen LogP contribution in [0.1, 0.15) is 27.0 Å². The van der Waals surface area contributed by atoms with Crippen molar-refractivity contribution >= 4 is 17.3 Å². The minimum Gasteiger partial charge on any atom is -0.322 e. The zero-order valence-electron chi connectivity index (χ0n) is 12.1. The molecule has 0 saturated carbocycles. The Hall–Kier alpha value is -2.69. The van der Waals surface area contributed by atoms with Gasteiger partial charge in [0.25, 0.3) is 11.6 Å². The van der Waals surface area contributed by atoms with Crippen LogP contribution in [0.25, 0.3) is 0 Å². The average Bonchev–Trinajstić information content (AvgIpc) is 2.42. The SMILES string of the molecule is Cc1ccc(NC(=O)c2ccc(C)c([N+](=O)[O-])c2)c(C)c1. The van der Waals surface area contributed by atoms with Crippen LogP contribution < -0.4 is 5.32 Å². The Morgan fingerprint density at radius 2 is 1.76 bits per heavy atom. The molecule has 0 aliphatic rings. The number of amides is 1. The van der Waals surface area contributed by atoms with Crippen LogP contribution in [0.2, 0.25) is 0 Å². The van der Waals surface area contributed by atoms with Crippen LogP contribution in [0.5, 0.6) is 0 Å². The van der Waals surface area contributed by atoms with Crippen molar-refractivity contribution in [1.82, 2.24) is 0 Å². The van der Waals surface area contributed by atoms with E-state index in [0.29, 0.717) is 11.3 Å². The Bertz CT molecular complexity index is 723. The van der Waals surface area contributed by atoms with Crippen molar-refractivity contribution < 1.29 is 9.72 Å². The maximum Gasteiger partial charge on any atom is 0.273 e. The van der Waals surface area contributed by atoms with E-state index in [9.17, 15) is 14.9 Å². The van der Waals surface area contributed by atoms with Crippen LogP contribution in [0.3, 0.4) is 0 Å². The quantitative estimate of drug-likeness (QED) is 0.688. The smallest absolute Gasteiger partial charge is 0.273 e. The van der Waals surface area contributed by atoms with Crippen molar-refractivity contribution in [2.45, 2.75) is 20.8 Å². The molecule has 0 radical (unpaired) electrons. The summed E-state index contributed by atoms with van der Waals surface area (Å²) in [5, 5.41) is 13.7. The van der Waals surface area contributed by atoms with Gasteiger partial charge in [-0.05, 0) is 38.5 Å². The van der Waals surface area contributed by atoms with Crippen molar-refractivity contribution in [3.05, 3.63) is 68.8 Å². The highest BCUT2D eigenvalue weighted by molar-refractivity contribution is 6.05. The van der Waals surface area contributed by atoms with Crippen molar-refractivity contribution in [3.8, 4) is 0 Å². The Kier molecular flexibility index (Phi) is 4.03. The fraction of sp³-hybridized carbons (Fsp3) is 0.188. The summed E-state index contributed by atoms with van der Waals surface area (Å²) in [5.74, 6) is -0.356. The van der Waals surface area contributed by atoms with Crippen LogP contribution >= 0.6 is 0 Å². The maximum absolute atomic E-state index is 12.2. The fourth-order valence-electron chi connectivity index (χ4n) is 2.10. The molecule has 1 amide bonds. The summed E-state index contributed by atoms with van der Waals surface area (Å²) in [6.45, 7) is 5.52. The number of hydrogen-bond acceptors (Lipinski definition) is 3. The summed E-state index contributed by atoms with van der Waals surface area (Å²) in [4.78, 5) is 22.6. The Balaban J connectivity index is 2.28. The van der Waals surface area contributed by atoms with Crippen molar-refractivity contribution in [1.29, 1.82) is 0 Å². The van der Waals surface area contributed by atoms with E-state index in [0.717, 1.165) is 11.1 Å². The van der Waals surface area contributed by atoms with Crippen LogP contribution in [-0.2, 0) is 0 Å². The van der Waals surface area contributed by atoms with Crippen molar-refractivity contribution in [2.24, 2.45) is 0 Å². The second kappa shape index (κ2) is 5.75. The first-order valence-electron chi connectivity index (χ1n) is 6.52. The molecule has 5 nitrogen and oxygen atoms in total. The fourth-order valence-corrected chi connectivity index (χ4v) is 2.10. The van der Waals surface area contributed by atoms with Crippen LogP contribution in [0.4, 0.5) is 11.4 Å². The monoisotopic (exact) mass is 284 g/mol. The molecule has 0 atom stereocenters. The van der Waals surface area contributed by atoms with Gasteiger partial charge in [-0.3, -0.25) is 14.9 Å². The topological polar surface area (TPSA) is 72.2 Å². The Morgan fingerprint density at radius 3 is 2.38 bits per heavy atom. The molecule has 5 heteroatoms. The van der Waals surface area contributed by atoms with E-state index in [1.54, 1.807) is 19.1 Å². The van der Waals surface area contributed by atoms with Crippen LogP contribution in [0, 0.1) is 30.9 Å². The second-order valence-corrected chi connectivity index (χ2v) is 5.03. The number of rotatable bonds is 3. The zero-order chi connectivity index (χ0) is 15.6. The summed E-state index contributed by atoms with van der Waals surface area (Å²) in [6.07, 6.45) is 0. The van der Waals surface area contributed by atoms with E-state index in [2.05, 4.69) is 5.32 Å². The van der Waals surface area contributed by atoms with Gasteiger partial charge in [-0.1, -0.05) is 23.8 Å². The number of carbonyl (C=O) groups is 1. The van der Waals surface area contributed by atoms with Gasteiger partial charge in [0.05, 0.1) is 4.92 Å². The van der Waals surface area contributed by atoms with Gasteiger partial charge in [0.1, 0.15) is 0 Å². The first-order chi connectivity index (χ1) is 9.88. The van der Waals surface area contributed by atoms with Crippen LogP contribution in [0.15, 0.2) is 36.4 Å². The maximum atomic E-state index is 12.2. The molecule has 0 heterocycles. The number of nitro groups is 1. The van der Waals surface area contributed by atoms with E-state index in [-0.39, 0.29) is 17.2 Å². The third-order valence-electron chi connectivity index (χ3n) is 3.30. The number of nitro benzene ring substituents is 1. The summed E-state index contributed by atoms with van der Waals surface area (Å²) in [7, 11) is 0. The molecule has 0 aliphatic carbocycles. The number of nitrogens with one attached hydrogen (secondary N) is 1. The molecular weight excluding hydrogens is 268 g/mol. The molecule has 2 aromatic carbocycles. The van der Waals surface area contributed by atoms with E-state index in [1.165, 1.54) is 6.07 Å². The predicted octanol–water partition coefficient (Wildman–Crippen LogP) is 3.77. The molecule has 0 fully saturated rings. The summed E-state index contributed by atoms with van der Waals surface area (Å²) in [6, 6.07) is 10.2. The molecule has 21 heavy (non-hydrogen) atoms. The molecular formula is C16H16N2O3. The highest BCUT2D eigenvalue weighted by Crippen LogP contribution is 2.21. The van der Waals surface area contributed by atoms with Crippen molar-refractivity contribution in [3.63, 3.8) is 0 Å². The summed E-state index contributed by atoms with van der Waals surface area (Å²) < 4.78 is 0. The molecule has 0 bridgehead atoms. The number of carbonyl (C=O) groups excluding carboxylic acids is 1. The van der Waals surface area contributed by atoms with E-state index in [4.69, 9.17) is 0 Å². The van der Waals surface area contributed by atoms with E-state index < -0.39 is 4.92 Å². The van der Waals surface area contributed by atoms with Gasteiger partial charge < -0.3 is 5.32 Å². The molecule has 0 aromatic heterocycles.